The summed E-state index contributed by atoms with van der Waals surface area (Å²) in [6, 6.07) is 16.2. The Morgan fingerprint density at radius 2 is 1.48 bits per heavy atom. The van der Waals surface area contributed by atoms with Gasteiger partial charge in [-0.1, -0.05) is 0 Å². The van der Waals surface area contributed by atoms with Crippen molar-refractivity contribution in [3.8, 4) is 11.4 Å². The molecule has 1 atom stereocenters. The number of aromatic nitrogens is 3. The van der Waals surface area contributed by atoms with Crippen LogP contribution in [0.15, 0.2) is 48.5 Å². The summed E-state index contributed by atoms with van der Waals surface area (Å²) in [6.07, 6.45) is 1.80. The lowest BCUT2D eigenvalue weighted by Gasteiger charge is -2.38. The second-order valence-corrected chi connectivity index (χ2v) is 12.1. The molecule has 44 heavy (non-hydrogen) atoms. The van der Waals surface area contributed by atoms with Crippen molar-refractivity contribution >= 4 is 29.0 Å². The SMILES string of the molecule is CC(C)N1CCN(c2ccc(NC(=O)Nc3ccc(-c4nc(C5CCOCC5)nc(N5CCOC[C@H]5C)n4)cc3)cc2)CC1. The van der Waals surface area contributed by atoms with E-state index in [0.717, 1.165) is 75.9 Å². The lowest BCUT2D eigenvalue weighted by molar-refractivity contribution is 0.0834. The minimum Gasteiger partial charge on any atom is -0.381 e. The summed E-state index contributed by atoms with van der Waals surface area (Å²) in [7, 11) is 0. The topological polar surface area (TPSA) is 108 Å². The van der Waals surface area contributed by atoms with Crippen LogP contribution in [0.2, 0.25) is 0 Å². The number of carbonyl (C=O) groups excluding carboxylic acids is 1. The average molecular weight is 601 g/mol. The molecule has 3 aliphatic rings. The fraction of sp³-hybridized carbons (Fsp3) is 0.515. The number of benzene rings is 2. The molecule has 6 rings (SSSR count). The Hall–Kier alpha value is -3.80. The molecular weight excluding hydrogens is 556 g/mol. The third-order valence-corrected chi connectivity index (χ3v) is 8.79. The van der Waals surface area contributed by atoms with Crippen molar-refractivity contribution in [2.75, 3.05) is 79.6 Å². The fourth-order valence-electron chi connectivity index (χ4n) is 6.05. The number of carbonyl (C=O) groups is 1. The zero-order chi connectivity index (χ0) is 30.5. The van der Waals surface area contributed by atoms with Crippen LogP contribution in [0.25, 0.3) is 11.4 Å². The Bertz CT molecular complexity index is 1390. The van der Waals surface area contributed by atoms with Gasteiger partial charge in [-0.05, 0) is 82.1 Å². The van der Waals surface area contributed by atoms with Gasteiger partial charge in [-0.15, -0.1) is 0 Å². The molecule has 3 aromatic rings. The number of hydrogen-bond acceptors (Lipinski definition) is 9. The summed E-state index contributed by atoms with van der Waals surface area (Å²) in [6.45, 7) is 14.3. The highest BCUT2D eigenvalue weighted by Crippen LogP contribution is 2.29. The molecule has 4 heterocycles. The van der Waals surface area contributed by atoms with E-state index in [-0.39, 0.29) is 18.0 Å². The number of rotatable bonds is 7. The zero-order valence-electron chi connectivity index (χ0n) is 26.0. The molecule has 2 amide bonds. The molecule has 0 bridgehead atoms. The molecule has 0 radical (unpaired) electrons. The van der Waals surface area contributed by atoms with Crippen LogP contribution < -0.4 is 20.4 Å². The highest BCUT2D eigenvalue weighted by molar-refractivity contribution is 5.99. The van der Waals surface area contributed by atoms with Gasteiger partial charge in [0, 0.05) is 80.5 Å². The van der Waals surface area contributed by atoms with Crippen LogP contribution in [0, 0.1) is 0 Å². The van der Waals surface area contributed by atoms with Gasteiger partial charge in [0.2, 0.25) is 5.95 Å². The summed E-state index contributed by atoms with van der Waals surface area (Å²) in [4.78, 5) is 34.6. The number of hydrogen-bond donors (Lipinski definition) is 2. The number of amides is 2. The largest absolute Gasteiger partial charge is 0.381 e. The van der Waals surface area contributed by atoms with Crippen molar-refractivity contribution in [1.29, 1.82) is 0 Å². The number of piperazine rings is 1. The second-order valence-electron chi connectivity index (χ2n) is 12.1. The van der Waals surface area contributed by atoms with Gasteiger partial charge in [0.15, 0.2) is 5.82 Å². The minimum absolute atomic E-state index is 0.184. The van der Waals surface area contributed by atoms with Gasteiger partial charge >= 0.3 is 6.03 Å². The standard InChI is InChI=1S/C33H44N8O3/c1-23(2)39-14-16-40(17-15-39)29-10-8-28(9-11-29)35-33(42)34-27-6-4-25(5-7-27)30-36-31(26-12-19-43-20-13-26)38-32(37-30)41-18-21-44-22-24(41)3/h4-11,23-24,26H,12-22H2,1-3H3,(H2,34,35,42)/t24-/m1/s1. The van der Waals surface area contributed by atoms with E-state index in [1.165, 1.54) is 5.69 Å². The van der Waals surface area contributed by atoms with Crippen LogP contribution in [-0.2, 0) is 9.47 Å². The maximum atomic E-state index is 12.8. The molecule has 0 saturated carbocycles. The monoisotopic (exact) mass is 600 g/mol. The molecule has 11 nitrogen and oxygen atoms in total. The molecule has 1 aromatic heterocycles. The number of morpholine rings is 1. The predicted octanol–water partition coefficient (Wildman–Crippen LogP) is 4.83. The second kappa shape index (κ2) is 13.9. The summed E-state index contributed by atoms with van der Waals surface area (Å²) >= 11 is 0. The van der Waals surface area contributed by atoms with Gasteiger partial charge in [0.25, 0.3) is 0 Å². The van der Waals surface area contributed by atoms with Crippen LogP contribution in [0.1, 0.15) is 45.4 Å². The van der Waals surface area contributed by atoms with Crippen molar-refractivity contribution in [1.82, 2.24) is 19.9 Å². The summed E-state index contributed by atoms with van der Waals surface area (Å²) in [5.74, 6) is 2.39. The molecular formula is C33H44N8O3. The van der Waals surface area contributed by atoms with Crippen LogP contribution in [0.3, 0.4) is 0 Å². The summed E-state index contributed by atoms with van der Waals surface area (Å²) < 4.78 is 11.2. The smallest absolute Gasteiger partial charge is 0.323 e. The van der Waals surface area contributed by atoms with E-state index in [0.29, 0.717) is 36.7 Å². The van der Waals surface area contributed by atoms with Gasteiger partial charge in [0.05, 0.1) is 19.3 Å². The Morgan fingerprint density at radius 1 is 0.818 bits per heavy atom. The number of anilines is 4. The first-order chi connectivity index (χ1) is 21.4. The molecule has 234 valence electrons. The van der Waals surface area contributed by atoms with Crippen LogP contribution >= 0.6 is 0 Å². The van der Waals surface area contributed by atoms with E-state index in [9.17, 15) is 4.79 Å². The summed E-state index contributed by atoms with van der Waals surface area (Å²) in [5, 5.41) is 5.88. The van der Waals surface area contributed by atoms with Gasteiger partial charge < -0.3 is 29.9 Å². The molecule has 11 heteroatoms. The third kappa shape index (κ3) is 7.28. The van der Waals surface area contributed by atoms with Crippen LogP contribution in [0.4, 0.5) is 27.8 Å². The molecule has 0 spiro atoms. The first-order valence-corrected chi connectivity index (χ1v) is 15.9. The van der Waals surface area contributed by atoms with E-state index in [2.05, 4.69) is 58.2 Å². The normalized spacial score (nSPS) is 20.1. The van der Waals surface area contributed by atoms with E-state index in [1.807, 2.05) is 36.4 Å². The maximum Gasteiger partial charge on any atom is 0.323 e. The number of nitrogens with one attached hydrogen (secondary N) is 2. The van der Waals surface area contributed by atoms with Crippen molar-refractivity contribution in [3.63, 3.8) is 0 Å². The molecule has 2 N–H and O–H groups in total. The molecule has 3 saturated heterocycles. The first kappa shape index (κ1) is 30.2. The van der Waals surface area contributed by atoms with Gasteiger partial charge in [-0.3, -0.25) is 4.90 Å². The molecule has 0 aliphatic carbocycles. The van der Waals surface area contributed by atoms with Gasteiger partial charge in [-0.2, -0.15) is 9.97 Å². The highest BCUT2D eigenvalue weighted by Gasteiger charge is 2.26. The Balaban J connectivity index is 1.10. The van der Waals surface area contributed by atoms with E-state index >= 15 is 0 Å². The third-order valence-electron chi connectivity index (χ3n) is 8.79. The molecule has 2 aromatic carbocycles. The minimum atomic E-state index is -0.290. The summed E-state index contributed by atoms with van der Waals surface area (Å²) in [5.41, 5.74) is 3.49. The molecule has 3 fully saturated rings. The van der Waals surface area contributed by atoms with Crippen LogP contribution in [-0.4, -0.2) is 97.1 Å². The van der Waals surface area contributed by atoms with E-state index < -0.39 is 0 Å². The lowest BCUT2D eigenvalue weighted by Crippen LogP contribution is -2.48. The zero-order valence-corrected chi connectivity index (χ0v) is 26.0. The van der Waals surface area contributed by atoms with E-state index in [4.69, 9.17) is 24.4 Å². The Morgan fingerprint density at radius 3 is 2.11 bits per heavy atom. The highest BCUT2D eigenvalue weighted by atomic mass is 16.5. The Kier molecular flexibility index (Phi) is 9.54. The van der Waals surface area contributed by atoms with Gasteiger partial charge in [0.1, 0.15) is 5.82 Å². The average Bonchev–Trinajstić information content (AvgIpc) is 3.06. The van der Waals surface area contributed by atoms with Crippen molar-refractivity contribution < 1.29 is 14.3 Å². The predicted molar refractivity (Wildman–Crippen MR) is 174 cm³/mol. The van der Waals surface area contributed by atoms with Crippen molar-refractivity contribution in [2.24, 2.45) is 0 Å². The van der Waals surface area contributed by atoms with Crippen molar-refractivity contribution in [2.45, 2.75) is 51.6 Å². The van der Waals surface area contributed by atoms with E-state index in [1.54, 1.807) is 0 Å². The maximum absolute atomic E-state index is 12.8. The quantitative estimate of drug-likeness (QED) is 0.394. The lowest BCUT2D eigenvalue weighted by atomic mass is 9.99. The number of urea groups is 1. The molecule has 0 unspecified atom stereocenters. The van der Waals surface area contributed by atoms with Crippen molar-refractivity contribution in [3.05, 3.63) is 54.4 Å². The Labute approximate surface area is 260 Å². The fourth-order valence-corrected chi connectivity index (χ4v) is 6.05. The molecule has 3 aliphatic heterocycles. The van der Waals surface area contributed by atoms with Gasteiger partial charge in [-0.25, -0.2) is 9.78 Å². The first-order valence-electron chi connectivity index (χ1n) is 15.9. The number of ether oxygens (including phenoxy) is 2. The van der Waals surface area contributed by atoms with Crippen LogP contribution in [0.5, 0.6) is 0 Å². The number of nitrogens with zero attached hydrogens (tertiary/aromatic N) is 6.